The van der Waals surface area contributed by atoms with Crippen molar-refractivity contribution in [3.63, 3.8) is 0 Å². The lowest BCUT2D eigenvalue weighted by molar-refractivity contribution is 0.576. The molecule has 1 aromatic carbocycles. The number of nitriles is 1. The van der Waals surface area contributed by atoms with E-state index in [1.54, 1.807) is 23.1 Å². The van der Waals surface area contributed by atoms with Crippen LogP contribution in [0.25, 0.3) is 17.1 Å². The SMILES string of the molecule is N#Cc1nnn(-c2ccc(N3CCCC3)cc2)c1-c1ccco1. The van der Waals surface area contributed by atoms with Crippen LogP contribution in [0.3, 0.4) is 0 Å². The quantitative estimate of drug-likeness (QED) is 0.744. The summed E-state index contributed by atoms with van der Waals surface area (Å²) in [5.41, 5.74) is 2.90. The number of benzene rings is 1. The second-order valence-electron chi connectivity index (χ2n) is 5.50. The normalized spacial score (nSPS) is 14.1. The van der Waals surface area contributed by atoms with Gasteiger partial charge in [0.25, 0.3) is 0 Å². The van der Waals surface area contributed by atoms with E-state index in [1.165, 1.54) is 18.5 Å². The van der Waals surface area contributed by atoms with Gasteiger partial charge in [-0.2, -0.15) is 5.26 Å². The Balaban J connectivity index is 1.73. The van der Waals surface area contributed by atoms with Gasteiger partial charge < -0.3 is 9.32 Å². The van der Waals surface area contributed by atoms with E-state index in [0.29, 0.717) is 11.5 Å². The fraction of sp³-hybridized carbons (Fsp3) is 0.235. The molecule has 6 nitrogen and oxygen atoms in total. The number of rotatable bonds is 3. The Bertz CT molecular complexity index is 836. The highest BCUT2D eigenvalue weighted by Gasteiger charge is 2.19. The minimum absolute atomic E-state index is 0.253. The van der Waals surface area contributed by atoms with Gasteiger partial charge >= 0.3 is 0 Å². The van der Waals surface area contributed by atoms with Crippen LogP contribution in [-0.4, -0.2) is 28.1 Å². The lowest BCUT2D eigenvalue weighted by Gasteiger charge is -2.17. The van der Waals surface area contributed by atoms with Gasteiger partial charge in [0.15, 0.2) is 11.5 Å². The topological polar surface area (TPSA) is 70.9 Å². The van der Waals surface area contributed by atoms with Crippen molar-refractivity contribution in [3.8, 4) is 23.2 Å². The third kappa shape index (κ3) is 2.36. The van der Waals surface area contributed by atoms with Gasteiger partial charge in [0, 0.05) is 18.8 Å². The number of furan rings is 1. The second kappa shape index (κ2) is 5.61. The van der Waals surface area contributed by atoms with Crippen molar-refractivity contribution in [1.29, 1.82) is 5.26 Å². The van der Waals surface area contributed by atoms with E-state index < -0.39 is 0 Å². The van der Waals surface area contributed by atoms with Crippen LogP contribution in [0.1, 0.15) is 18.5 Å². The molecule has 2 aromatic heterocycles. The lowest BCUT2D eigenvalue weighted by atomic mass is 10.2. The zero-order valence-corrected chi connectivity index (χ0v) is 12.5. The van der Waals surface area contributed by atoms with Crippen LogP contribution in [0.15, 0.2) is 47.1 Å². The maximum absolute atomic E-state index is 9.25. The largest absolute Gasteiger partial charge is 0.463 e. The Labute approximate surface area is 133 Å². The fourth-order valence-corrected chi connectivity index (χ4v) is 2.95. The lowest BCUT2D eigenvalue weighted by Crippen LogP contribution is -2.17. The van der Waals surface area contributed by atoms with E-state index in [1.807, 2.05) is 12.1 Å². The molecule has 0 unspecified atom stereocenters. The molecule has 1 aliphatic heterocycles. The Morgan fingerprint density at radius 2 is 1.78 bits per heavy atom. The molecule has 0 radical (unpaired) electrons. The number of anilines is 1. The highest BCUT2D eigenvalue weighted by molar-refractivity contribution is 5.63. The van der Waals surface area contributed by atoms with Crippen molar-refractivity contribution in [3.05, 3.63) is 48.4 Å². The minimum Gasteiger partial charge on any atom is -0.463 e. The molecule has 4 rings (SSSR count). The molecule has 0 saturated carbocycles. The minimum atomic E-state index is 0.253. The van der Waals surface area contributed by atoms with E-state index in [-0.39, 0.29) is 5.69 Å². The molecule has 0 spiro atoms. The Kier molecular flexibility index (Phi) is 3.31. The van der Waals surface area contributed by atoms with Gasteiger partial charge in [-0.25, -0.2) is 4.68 Å². The van der Waals surface area contributed by atoms with Crippen molar-refractivity contribution in [2.45, 2.75) is 12.8 Å². The average molecular weight is 305 g/mol. The first kappa shape index (κ1) is 13.6. The predicted molar refractivity (Wildman–Crippen MR) is 85.2 cm³/mol. The zero-order chi connectivity index (χ0) is 15.6. The van der Waals surface area contributed by atoms with E-state index >= 15 is 0 Å². The van der Waals surface area contributed by atoms with Gasteiger partial charge in [-0.1, -0.05) is 5.21 Å². The fourth-order valence-electron chi connectivity index (χ4n) is 2.95. The molecule has 1 fully saturated rings. The predicted octanol–water partition coefficient (Wildman–Crippen LogP) is 3.00. The third-order valence-electron chi connectivity index (χ3n) is 4.10. The molecule has 0 aliphatic carbocycles. The van der Waals surface area contributed by atoms with Gasteiger partial charge in [-0.15, -0.1) is 5.10 Å². The summed E-state index contributed by atoms with van der Waals surface area (Å²) in [6.07, 6.45) is 4.07. The van der Waals surface area contributed by atoms with E-state index in [9.17, 15) is 5.26 Å². The van der Waals surface area contributed by atoms with Gasteiger partial charge in [0.05, 0.1) is 12.0 Å². The zero-order valence-electron chi connectivity index (χ0n) is 12.5. The Morgan fingerprint density at radius 3 is 2.43 bits per heavy atom. The standard InChI is InChI=1S/C17H15N5O/c18-12-15-17(16-4-3-11-23-16)22(20-19-15)14-7-5-13(6-8-14)21-9-1-2-10-21/h3-8,11H,1-2,9-10H2. The Morgan fingerprint density at radius 1 is 1.04 bits per heavy atom. The molecule has 0 N–H and O–H groups in total. The first-order valence-corrected chi connectivity index (χ1v) is 7.62. The van der Waals surface area contributed by atoms with Gasteiger partial charge in [0.1, 0.15) is 11.8 Å². The van der Waals surface area contributed by atoms with E-state index in [0.717, 1.165) is 18.8 Å². The summed E-state index contributed by atoms with van der Waals surface area (Å²) in [5.74, 6) is 0.579. The molecule has 1 saturated heterocycles. The third-order valence-corrected chi connectivity index (χ3v) is 4.10. The van der Waals surface area contributed by atoms with Crippen molar-refractivity contribution in [2.24, 2.45) is 0 Å². The first-order valence-electron chi connectivity index (χ1n) is 7.62. The van der Waals surface area contributed by atoms with Crippen LogP contribution >= 0.6 is 0 Å². The molecule has 1 aliphatic rings. The number of hydrogen-bond donors (Lipinski definition) is 0. The summed E-state index contributed by atoms with van der Waals surface area (Å²) in [7, 11) is 0. The average Bonchev–Trinajstić information content (AvgIpc) is 3.34. The van der Waals surface area contributed by atoms with Crippen LogP contribution < -0.4 is 4.90 Å². The van der Waals surface area contributed by atoms with Crippen LogP contribution in [0.2, 0.25) is 0 Å². The van der Waals surface area contributed by atoms with Crippen molar-refractivity contribution >= 4 is 5.69 Å². The molecule has 114 valence electrons. The highest BCUT2D eigenvalue weighted by atomic mass is 16.3. The summed E-state index contributed by atoms with van der Waals surface area (Å²) < 4.78 is 7.07. The van der Waals surface area contributed by atoms with Gasteiger partial charge in [-0.3, -0.25) is 0 Å². The maximum Gasteiger partial charge on any atom is 0.194 e. The molecule has 0 amide bonds. The summed E-state index contributed by atoms with van der Waals surface area (Å²) in [4.78, 5) is 2.37. The molecule has 3 aromatic rings. The monoisotopic (exact) mass is 305 g/mol. The van der Waals surface area contributed by atoms with E-state index in [2.05, 4.69) is 33.4 Å². The molecular formula is C17H15N5O. The first-order chi connectivity index (χ1) is 11.4. The summed E-state index contributed by atoms with van der Waals surface area (Å²) in [6.45, 7) is 2.22. The van der Waals surface area contributed by atoms with Crippen LogP contribution in [0, 0.1) is 11.3 Å². The molecule has 6 heteroatoms. The molecular weight excluding hydrogens is 290 g/mol. The van der Waals surface area contributed by atoms with E-state index in [4.69, 9.17) is 4.42 Å². The van der Waals surface area contributed by atoms with Gasteiger partial charge in [-0.05, 0) is 49.2 Å². The van der Waals surface area contributed by atoms with Crippen LogP contribution in [0.4, 0.5) is 5.69 Å². The highest BCUT2D eigenvalue weighted by Crippen LogP contribution is 2.27. The second-order valence-corrected chi connectivity index (χ2v) is 5.50. The van der Waals surface area contributed by atoms with Gasteiger partial charge in [0.2, 0.25) is 0 Å². The Hall–Kier alpha value is -3.07. The molecule has 23 heavy (non-hydrogen) atoms. The van der Waals surface area contributed by atoms with Crippen molar-refractivity contribution < 1.29 is 4.42 Å². The van der Waals surface area contributed by atoms with Crippen LogP contribution in [0.5, 0.6) is 0 Å². The molecule has 0 bridgehead atoms. The summed E-state index contributed by atoms with van der Waals surface area (Å²) in [5, 5.41) is 17.3. The number of aromatic nitrogens is 3. The summed E-state index contributed by atoms with van der Waals surface area (Å²) in [6, 6.07) is 13.8. The number of hydrogen-bond acceptors (Lipinski definition) is 5. The van der Waals surface area contributed by atoms with Crippen molar-refractivity contribution in [1.82, 2.24) is 15.0 Å². The smallest absolute Gasteiger partial charge is 0.194 e. The van der Waals surface area contributed by atoms with Crippen LogP contribution in [-0.2, 0) is 0 Å². The summed E-state index contributed by atoms with van der Waals surface area (Å²) >= 11 is 0. The van der Waals surface area contributed by atoms with Crippen molar-refractivity contribution in [2.75, 3.05) is 18.0 Å². The molecule has 0 atom stereocenters. The molecule has 3 heterocycles. The maximum atomic E-state index is 9.25. The number of nitrogens with zero attached hydrogens (tertiary/aromatic N) is 5.